The Morgan fingerprint density at radius 1 is 0.923 bits per heavy atom. The highest BCUT2D eigenvalue weighted by atomic mass is 15.2. The normalized spacial score (nSPS) is 14.1. The van der Waals surface area contributed by atoms with Crippen molar-refractivity contribution in [1.29, 1.82) is 0 Å². The van der Waals surface area contributed by atoms with Gasteiger partial charge in [-0.15, -0.1) is 10.2 Å². The van der Waals surface area contributed by atoms with Crippen molar-refractivity contribution in [3.8, 4) is 0 Å². The van der Waals surface area contributed by atoms with Crippen molar-refractivity contribution in [3.63, 3.8) is 0 Å². The summed E-state index contributed by atoms with van der Waals surface area (Å²) in [6, 6.07) is 0. The second-order valence-corrected chi connectivity index (χ2v) is 4.28. The van der Waals surface area contributed by atoms with Gasteiger partial charge in [-0.2, -0.15) is 0 Å². The molecule has 1 aromatic rings. The van der Waals surface area contributed by atoms with Gasteiger partial charge in [-0.05, 0) is 5.92 Å². The second-order valence-electron chi connectivity index (χ2n) is 4.28. The summed E-state index contributed by atoms with van der Waals surface area (Å²) in [7, 11) is 0. The summed E-state index contributed by atoms with van der Waals surface area (Å²) < 4.78 is 0. The summed E-state index contributed by atoms with van der Waals surface area (Å²) in [6.45, 7) is 10.8. The first-order valence-corrected chi connectivity index (χ1v) is 4.94. The zero-order valence-corrected chi connectivity index (χ0v) is 9.13. The van der Waals surface area contributed by atoms with Gasteiger partial charge in [0, 0.05) is 11.8 Å². The molecule has 0 spiro atoms. The summed E-state index contributed by atoms with van der Waals surface area (Å²) in [5.41, 5.74) is 0. The molecule has 3 heteroatoms. The topological polar surface area (TPSA) is 41.6 Å². The summed E-state index contributed by atoms with van der Waals surface area (Å²) >= 11 is 0. The standard InChI is InChI=1S/C10H19N3/c1-6(2)8(5)10-11-9(7(3)4)12-13-10/h6-8H,1-5H3,(H,11,12,13). The molecule has 0 saturated heterocycles. The Balaban J connectivity index is 2.79. The lowest BCUT2D eigenvalue weighted by Crippen LogP contribution is -2.04. The van der Waals surface area contributed by atoms with Crippen LogP contribution in [0, 0.1) is 5.92 Å². The van der Waals surface area contributed by atoms with Crippen LogP contribution in [0.1, 0.15) is 58.1 Å². The molecule has 0 fully saturated rings. The molecule has 0 radical (unpaired) electrons. The van der Waals surface area contributed by atoms with E-state index in [4.69, 9.17) is 0 Å². The van der Waals surface area contributed by atoms with Crippen LogP contribution in [-0.4, -0.2) is 15.2 Å². The monoisotopic (exact) mass is 181 g/mol. The summed E-state index contributed by atoms with van der Waals surface area (Å²) in [5.74, 6) is 3.50. The first-order valence-electron chi connectivity index (χ1n) is 4.94. The van der Waals surface area contributed by atoms with E-state index < -0.39 is 0 Å². The van der Waals surface area contributed by atoms with Crippen LogP contribution in [0.5, 0.6) is 0 Å². The fourth-order valence-electron chi connectivity index (χ4n) is 1.07. The SMILES string of the molecule is CC(C)c1nnc(C(C)C(C)C)[nH]1. The molecule has 1 unspecified atom stereocenters. The van der Waals surface area contributed by atoms with Gasteiger partial charge in [0.1, 0.15) is 11.6 Å². The third-order valence-electron chi connectivity index (χ3n) is 2.50. The van der Waals surface area contributed by atoms with Gasteiger partial charge in [-0.1, -0.05) is 34.6 Å². The fourth-order valence-corrected chi connectivity index (χ4v) is 1.07. The van der Waals surface area contributed by atoms with Crippen molar-refractivity contribution in [3.05, 3.63) is 11.6 Å². The van der Waals surface area contributed by atoms with Gasteiger partial charge in [0.25, 0.3) is 0 Å². The Morgan fingerprint density at radius 3 is 1.85 bits per heavy atom. The van der Waals surface area contributed by atoms with E-state index in [1.807, 2.05) is 0 Å². The molecule has 1 atom stereocenters. The highest BCUT2D eigenvalue weighted by Gasteiger charge is 2.15. The van der Waals surface area contributed by atoms with E-state index in [9.17, 15) is 0 Å². The number of H-pyrrole nitrogens is 1. The minimum absolute atomic E-state index is 0.431. The van der Waals surface area contributed by atoms with E-state index in [-0.39, 0.29) is 0 Å². The molecule has 0 aromatic carbocycles. The predicted molar refractivity (Wildman–Crippen MR) is 53.7 cm³/mol. The molecule has 0 aliphatic rings. The van der Waals surface area contributed by atoms with Crippen molar-refractivity contribution in [2.24, 2.45) is 5.92 Å². The van der Waals surface area contributed by atoms with Gasteiger partial charge >= 0.3 is 0 Å². The van der Waals surface area contributed by atoms with Crippen LogP contribution < -0.4 is 0 Å². The molecule has 0 bridgehead atoms. The number of nitrogens with one attached hydrogen (secondary N) is 1. The van der Waals surface area contributed by atoms with Gasteiger partial charge in [-0.3, -0.25) is 0 Å². The van der Waals surface area contributed by atoms with Gasteiger partial charge in [0.05, 0.1) is 0 Å². The van der Waals surface area contributed by atoms with Gasteiger partial charge in [-0.25, -0.2) is 0 Å². The van der Waals surface area contributed by atoms with E-state index in [0.29, 0.717) is 17.8 Å². The van der Waals surface area contributed by atoms with Gasteiger partial charge < -0.3 is 4.98 Å². The Labute approximate surface area is 80.0 Å². The smallest absolute Gasteiger partial charge is 0.133 e. The molecule has 1 heterocycles. The number of hydrogen-bond acceptors (Lipinski definition) is 2. The molecule has 0 aliphatic heterocycles. The van der Waals surface area contributed by atoms with Crippen LogP contribution in [0.15, 0.2) is 0 Å². The number of rotatable bonds is 3. The van der Waals surface area contributed by atoms with Crippen molar-refractivity contribution in [2.45, 2.75) is 46.5 Å². The largest absolute Gasteiger partial charge is 0.328 e. The summed E-state index contributed by atoms with van der Waals surface area (Å²) in [6.07, 6.45) is 0. The van der Waals surface area contributed by atoms with Crippen LogP contribution in [0.25, 0.3) is 0 Å². The average molecular weight is 181 g/mol. The van der Waals surface area contributed by atoms with Crippen LogP contribution in [0.4, 0.5) is 0 Å². The molecule has 0 saturated carbocycles. The Morgan fingerprint density at radius 2 is 1.46 bits per heavy atom. The quantitative estimate of drug-likeness (QED) is 0.779. The number of aromatic nitrogens is 3. The van der Waals surface area contributed by atoms with Crippen molar-refractivity contribution in [1.82, 2.24) is 15.2 Å². The first kappa shape index (κ1) is 10.2. The molecule has 3 nitrogen and oxygen atoms in total. The van der Waals surface area contributed by atoms with Gasteiger partial charge in [0.15, 0.2) is 0 Å². The van der Waals surface area contributed by atoms with E-state index in [1.165, 1.54) is 0 Å². The van der Waals surface area contributed by atoms with Crippen LogP contribution in [0.2, 0.25) is 0 Å². The molecule has 74 valence electrons. The number of nitrogens with zero attached hydrogens (tertiary/aromatic N) is 2. The molecular weight excluding hydrogens is 162 g/mol. The lowest BCUT2D eigenvalue weighted by molar-refractivity contribution is 0.511. The van der Waals surface area contributed by atoms with E-state index in [2.05, 4.69) is 49.8 Å². The summed E-state index contributed by atoms with van der Waals surface area (Å²) in [5, 5.41) is 8.27. The Hall–Kier alpha value is -0.860. The molecule has 0 aliphatic carbocycles. The van der Waals surface area contributed by atoms with Crippen molar-refractivity contribution < 1.29 is 0 Å². The maximum atomic E-state index is 4.15. The van der Waals surface area contributed by atoms with Crippen molar-refractivity contribution >= 4 is 0 Å². The predicted octanol–water partition coefficient (Wildman–Crippen LogP) is 2.69. The highest BCUT2D eigenvalue weighted by Crippen LogP contribution is 2.21. The lowest BCUT2D eigenvalue weighted by atomic mass is 9.98. The highest BCUT2D eigenvalue weighted by molar-refractivity contribution is 5.00. The molecule has 0 amide bonds. The second kappa shape index (κ2) is 3.90. The molecule has 13 heavy (non-hydrogen) atoms. The van der Waals surface area contributed by atoms with Crippen LogP contribution in [-0.2, 0) is 0 Å². The van der Waals surface area contributed by atoms with E-state index >= 15 is 0 Å². The maximum absolute atomic E-state index is 4.15. The van der Waals surface area contributed by atoms with E-state index in [1.54, 1.807) is 0 Å². The summed E-state index contributed by atoms with van der Waals surface area (Å²) in [4.78, 5) is 3.27. The molecule has 1 rings (SSSR count). The fraction of sp³-hybridized carbons (Fsp3) is 0.800. The van der Waals surface area contributed by atoms with Crippen LogP contribution >= 0.6 is 0 Å². The zero-order chi connectivity index (χ0) is 10.0. The van der Waals surface area contributed by atoms with Gasteiger partial charge in [0.2, 0.25) is 0 Å². The third kappa shape index (κ3) is 2.29. The lowest BCUT2D eigenvalue weighted by Gasteiger charge is -2.11. The van der Waals surface area contributed by atoms with Crippen LogP contribution in [0.3, 0.4) is 0 Å². The van der Waals surface area contributed by atoms with Crippen molar-refractivity contribution in [2.75, 3.05) is 0 Å². The van der Waals surface area contributed by atoms with E-state index in [0.717, 1.165) is 11.6 Å². The minimum Gasteiger partial charge on any atom is -0.328 e. The maximum Gasteiger partial charge on any atom is 0.133 e. The molecule has 1 aromatic heterocycles. The number of aromatic amines is 1. The molecular formula is C10H19N3. The zero-order valence-electron chi connectivity index (χ0n) is 9.13. The number of hydrogen-bond donors (Lipinski definition) is 1. The molecule has 1 N–H and O–H groups in total. The average Bonchev–Trinajstić information content (AvgIpc) is 2.50. The third-order valence-corrected chi connectivity index (χ3v) is 2.50. The Bertz CT molecular complexity index is 263. The first-order chi connectivity index (χ1) is 6.02. The minimum atomic E-state index is 0.431. The Kier molecular flexibility index (Phi) is 3.07.